The second kappa shape index (κ2) is 9.04. The third kappa shape index (κ3) is 4.89. The fourth-order valence-corrected chi connectivity index (χ4v) is 7.04. The number of ether oxygens (including phenoxy) is 1. The third-order valence-corrected chi connectivity index (χ3v) is 8.85. The summed E-state index contributed by atoms with van der Waals surface area (Å²) in [5.74, 6) is 2.57. The number of aromatic nitrogens is 2. The molecule has 1 aliphatic heterocycles. The molecule has 1 aromatic carbocycles. The largest absolute Gasteiger partial charge is 0.491 e. The summed E-state index contributed by atoms with van der Waals surface area (Å²) in [7, 11) is 0. The van der Waals surface area contributed by atoms with Gasteiger partial charge in [-0.3, -0.25) is 9.36 Å². The lowest BCUT2D eigenvalue weighted by molar-refractivity contribution is 0.242. The van der Waals surface area contributed by atoms with Crippen molar-refractivity contribution >= 4 is 45.1 Å². The van der Waals surface area contributed by atoms with E-state index in [9.17, 15) is 4.79 Å². The molecule has 0 saturated carbocycles. The highest BCUT2D eigenvalue weighted by Gasteiger charge is 2.31. The Morgan fingerprint density at radius 2 is 2.06 bits per heavy atom. The van der Waals surface area contributed by atoms with E-state index >= 15 is 0 Å². The van der Waals surface area contributed by atoms with Crippen LogP contribution in [0.25, 0.3) is 10.2 Å². The van der Waals surface area contributed by atoms with Gasteiger partial charge in [-0.2, -0.15) is 0 Å². The Morgan fingerprint density at radius 3 is 2.74 bits per heavy atom. The lowest BCUT2D eigenvalue weighted by Gasteiger charge is -2.28. The van der Waals surface area contributed by atoms with Crippen molar-refractivity contribution < 1.29 is 4.74 Å². The van der Waals surface area contributed by atoms with Crippen LogP contribution in [0.5, 0.6) is 5.75 Å². The van der Waals surface area contributed by atoms with E-state index in [-0.39, 0.29) is 16.4 Å². The van der Waals surface area contributed by atoms with E-state index in [2.05, 4.69) is 32.6 Å². The van der Waals surface area contributed by atoms with E-state index in [1.54, 1.807) is 33.7 Å². The van der Waals surface area contributed by atoms with Gasteiger partial charge in [-0.25, -0.2) is 4.98 Å². The van der Waals surface area contributed by atoms with E-state index in [0.29, 0.717) is 6.54 Å². The molecule has 0 unspecified atom stereocenters. The minimum absolute atomic E-state index is 0.0632. The lowest BCUT2D eigenvalue weighted by atomic mass is 10.00. The Bertz CT molecular complexity index is 1160. The molecule has 3 heterocycles. The lowest BCUT2D eigenvalue weighted by Crippen LogP contribution is -2.26. The molecule has 0 N–H and O–H groups in total. The number of thiophene rings is 1. The first-order chi connectivity index (χ1) is 14.8. The smallest absolute Gasteiger partial charge is 0.263 e. The normalized spacial score (nSPS) is 15.3. The highest BCUT2D eigenvalue weighted by molar-refractivity contribution is 8.00. The monoisotopic (exact) mass is 472 g/mol. The Labute approximate surface area is 196 Å². The molecule has 4 nitrogen and oxygen atoms in total. The van der Waals surface area contributed by atoms with E-state index in [1.165, 1.54) is 16.0 Å². The van der Waals surface area contributed by atoms with Crippen molar-refractivity contribution in [3.8, 4) is 5.75 Å². The van der Waals surface area contributed by atoms with Gasteiger partial charge in [0.05, 0.1) is 11.5 Å². The van der Waals surface area contributed by atoms with E-state index in [4.69, 9.17) is 9.72 Å². The quantitative estimate of drug-likeness (QED) is 0.230. The molecule has 0 fully saturated rings. The van der Waals surface area contributed by atoms with Crippen LogP contribution in [0.2, 0.25) is 0 Å². The summed E-state index contributed by atoms with van der Waals surface area (Å²) in [5.41, 5.74) is 2.44. The first-order valence-electron chi connectivity index (χ1n) is 10.5. The topological polar surface area (TPSA) is 44.1 Å². The van der Waals surface area contributed by atoms with Gasteiger partial charge in [-0.05, 0) is 43.5 Å². The predicted molar refractivity (Wildman–Crippen MR) is 135 cm³/mol. The van der Waals surface area contributed by atoms with Crippen LogP contribution in [0.15, 0.2) is 46.9 Å². The molecule has 0 aliphatic carbocycles. The van der Waals surface area contributed by atoms with Crippen molar-refractivity contribution in [3.05, 3.63) is 63.3 Å². The summed E-state index contributed by atoms with van der Waals surface area (Å²) in [4.78, 5) is 20.6. The summed E-state index contributed by atoms with van der Waals surface area (Å²) in [6.07, 6.45) is 2.84. The maximum absolute atomic E-state index is 13.5. The van der Waals surface area contributed by atoms with Crippen LogP contribution in [0.3, 0.4) is 0 Å². The number of thioether (sulfide) groups is 2. The maximum Gasteiger partial charge on any atom is 0.263 e. The molecule has 0 atom stereocenters. The Balaban J connectivity index is 1.65. The minimum Gasteiger partial charge on any atom is -0.491 e. The number of hydrogen-bond acceptors (Lipinski definition) is 6. The minimum atomic E-state index is 0.0632. The van der Waals surface area contributed by atoms with Gasteiger partial charge in [0.15, 0.2) is 5.16 Å². The molecule has 0 bridgehead atoms. The fraction of sp³-hybridized carbons (Fsp3) is 0.417. The van der Waals surface area contributed by atoms with Gasteiger partial charge in [0.2, 0.25) is 0 Å². The zero-order valence-corrected chi connectivity index (χ0v) is 20.9. The Morgan fingerprint density at radius 1 is 1.32 bits per heavy atom. The maximum atomic E-state index is 13.5. The van der Waals surface area contributed by atoms with Crippen molar-refractivity contribution in [3.63, 3.8) is 0 Å². The molecule has 0 spiro atoms. The van der Waals surface area contributed by atoms with Crippen LogP contribution in [-0.2, 0) is 24.5 Å². The zero-order chi connectivity index (χ0) is 22.2. The molecule has 7 heteroatoms. The van der Waals surface area contributed by atoms with E-state index in [0.717, 1.165) is 39.0 Å². The van der Waals surface area contributed by atoms with E-state index < -0.39 is 0 Å². The summed E-state index contributed by atoms with van der Waals surface area (Å²) in [5, 5.41) is 1.57. The van der Waals surface area contributed by atoms with Gasteiger partial charge < -0.3 is 4.74 Å². The van der Waals surface area contributed by atoms with Crippen LogP contribution in [0.4, 0.5) is 0 Å². The SMILES string of the molecule is C=CCn1c(SCc2ccc(OC(C)C)cc2)nc2sc3c(c2c1=O)CC(C)(C)SC3. The fourth-order valence-electron chi connectivity index (χ4n) is 3.69. The molecule has 0 amide bonds. The first kappa shape index (κ1) is 22.5. The summed E-state index contributed by atoms with van der Waals surface area (Å²) in [6, 6.07) is 8.14. The van der Waals surface area contributed by atoms with Crippen molar-refractivity contribution in [1.29, 1.82) is 0 Å². The van der Waals surface area contributed by atoms with Crippen LogP contribution in [0, 0.1) is 0 Å². The highest BCUT2D eigenvalue weighted by Crippen LogP contribution is 2.44. The zero-order valence-electron chi connectivity index (χ0n) is 18.4. The molecular weight excluding hydrogens is 444 g/mol. The number of rotatable bonds is 7. The number of fused-ring (bicyclic) bond motifs is 3. The average Bonchev–Trinajstić information content (AvgIpc) is 3.06. The molecule has 31 heavy (non-hydrogen) atoms. The Kier molecular flexibility index (Phi) is 6.56. The predicted octanol–water partition coefficient (Wildman–Crippen LogP) is 6.29. The summed E-state index contributed by atoms with van der Waals surface area (Å²) < 4.78 is 7.65. The van der Waals surface area contributed by atoms with Crippen LogP contribution >= 0.6 is 34.9 Å². The molecule has 0 saturated heterocycles. The first-order valence-corrected chi connectivity index (χ1v) is 13.2. The van der Waals surface area contributed by atoms with Gasteiger partial charge in [0.25, 0.3) is 5.56 Å². The van der Waals surface area contributed by atoms with Crippen molar-refractivity contribution in [2.45, 2.75) is 68.2 Å². The standard InChI is InChI=1S/C24H28N2O2S3/c1-6-11-26-22(27)20-18-12-24(4,5)30-14-19(18)31-21(20)25-23(26)29-13-16-7-9-17(10-8-16)28-15(2)3/h6-10,15H,1,11-14H2,2-5H3. The second-order valence-corrected chi connectivity index (χ2v) is 12.3. The Hall–Kier alpha value is -1.70. The number of nitrogens with zero attached hydrogens (tertiary/aromatic N) is 2. The molecule has 0 radical (unpaired) electrons. The van der Waals surface area contributed by atoms with Crippen molar-refractivity contribution in [2.24, 2.45) is 0 Å². The average molecular weight is 473 g/mol. The van der Waals surface area contributed by atoms with Gasteiger partial charge in [0, 0.05) is 27.7 Å². The van der Waals surface area contributed by atoms with Gasteiger partial charge in [0.1, 0.15) is 10.6 Å². The van der Waals surface area contributed by atoms with Crippen molar-refractivity contribution in [2.75, 3.05) is 0 Å². The van der Waals surface area contributed by atoms with Gasteiger partial charge in [-0.15, -0.1) is 29.7 Å². The van der Waals surface area contributed by atoms with Crippen LogP contribution in [0.1, 0.15) is 43.7 Å². The molecule has 1 aliphatic rings. The van der Waals surface area contributed by atoms with Crippen molar-refractivity contribution in [1.82, 2.24) is 9.55 Å². The number of allylic oxidation sites excluding steroid dienone is 1. The highest BCUT2D eigenvalue weighted by atomic mass is 32.2. The molecule has 164 valence electrons. The van der Waals surface area contributed by atoms with Crippen LogP contribution < -0.4 is 10.3 Å². The molecule has 2 aromatic heterocycles. The summed E-state index contributed by atoms with van der Waals surface area (Å²) >= 11 is 5.24. The number of benzene rings is 1. The van der Waals surface area contributed by atoms with Crippen LogP contribution in [-0.4, -0.2) is 20.4 Å². The second-order valence-electron chi connectivity index (χ2n) is 8.61. The summed E-state index contributed by atoms with van der Waals surface area (Å²) in [6.45, 7) is 12.9. The molecule has 3 aromatic rings. The van der Waals surface area contributed by atoms with E-state index in [1.807, 2.05) is 37.7 Å². The third-order valence-electron chi connectivity index (χ3n) is 5.13. The van der Waals surface area contributed by atoms with Gasteiger partial charge >= 0.3 is 0 Å². The van der Waals surface area contributed by atoms with Gasteiger partial charge in [-0.1, -0.05) is 43.8 Å². The molecular formula is C24H28N2O2S3. The number of hydrogen-bond donors (Lipinski definition) is 0. The molecule has 4 rings (SSSR count).